The van der Waals surface area contributed by atoms with Gasteiger partial charge in [0.1, 0.15) is 11.6 Å². The third-order valence-electron chi connectivity index (χ3n) is 2.41. The summed E-state index contributed by atoms with van der Waals surface area (Å²) < 4.78 is 51.2. The van der Waals surface area contributed by atoms with Crippen LogP contribution in [0.2, 0.25) is 5.02 Å². The Labute approximate surface area is 116 Å². The number of nitrogens with one attached hydrogen (secondary N) is 1. The number of halogens is 5. The summed E-state index contributed by atoms with van der Waals surface area (Å²) in [6.45, 7) is 0. The Morgan fingerprint density at radius 2 is 1.90 bits per heavy atom. The molecule has 0 spiro atoms. The molecule has 20 heavy (non-hydrogen) atoms. The first kappa shape index (κ1) is 14.4. The van der Waals surface area contributed by atoms with E-state index in [-0.39, 0.29) is 22.2 Å². The van der Waals surface area contributed by atoms with Crippen molar-refractivity contribution in [3.63, 3.8) is 0 Å². The van der Waals surface area contributed by atoms with Crippen molar-refractivity contribution in [2.24, 2.45) is 0 Å². The first-order chi connectivity index (χ1) is 9.27. The zero-order chi connectivity index (χ0) is 14.9. The molecule has 0 radical (unpaired) electrons. The molecule has 3 N–H and O–H groups in total. The molecular weight excluding hydrogens is 298 g/mol. The number of nitrogen functional groups attached to an aromatic ring is 1. The minimum atomic E-state index is -4.57. The molecule has 0 saturated heterocycles. The lowest BCUT2D eigenvalue weighted by atomic mass is 10.2. The number of nitrogens with two attached hydrogens (primary N) is 1. The van der Waals surface area contributed by atoms with E-state index in [1.54, 1.807) is 0 Å². The minimum absolute atomic E-state index is 0.0130. The largest absolute Gasteiger partial charge is 0.416 e. The highest BCUT2D eigenvalue weighted by atomic mass is 35.5. The van der Waals surface area contributed by atoms with Crippen LogP contribution in [-0.4, -0.2) is 4.98 Å². The fraction of sp³-hybridized carbons (Fsp3) is 0.0833. The van der Waals surface area contributed by atoms with Crippen molar-refractivity contribution in [1.29, 1.82) is 0 Å². The zero-order valence-electron chi connectivity index (χ0n) is 9.80. The molecule has 0 saturated carbocycles. The molecule has 3 nitrogen and oxygen atoms in total. The van der Waals surface area contributed by atoms with Gasteiger partial charge in [0.15, 0.2) is 0 Å². The molecule has 106 valence electrons. The molecule has 1 heterocycles. The summed E-state index contributed by atoms with van der Waals surface area (Å²) in [4.78, 5) is 3.79. The molecule has 2 aromatic rings. The highest BCUT2D eigenvalue weighted by molar-refractivity contribution is 6.33. The number of alkyl halides is 3. The van der Waals surface area contributed by atoms with Gasteiger partial charge in [0, 0.05) is 0 Å². The Kier molecular flexibility index (Phi) is 3.71. The number of hydrogen-bond donors (Lipinski definition) is 2. The number of rotatable bonds is 2. The maximum absolute atomic E-state index is 13.5. The first-order valence-corrected chi connectivity index (χ1v) is 5.70. The number of benzene rings is 1. The van der Waals surface area contributed by atoms with E-state index in [9.17, 15) is 17.6 Å². The summed E-state index contributed by atoms with van der Waals surface area (Å²) in [5, 5.41) is 2.48. The van der Waals surface area contributed by atoms with E-state index >= 15 is 0 Å². The van der Waals surface area contributed by atoms with Gasteiger partial charge in [-0.05, 0) is 24.3 Å². The van der Waals surface area contributed by atoms with E-state index in [2.05, 4.69) is 10.3 Å². The lowest BCUT2D eigenvalue weighted by molar-refractivity contribution is -0.137. The van der Waals surface area contributed by atoms with Gasteiger partial charge in [-0.2, -0.15) is 13.2 Å². The van der Waals surface area contributed by atoms with Crippen LogP contribution < -0.4 is 11.1 Å². The van der Waals surface area contributed by atoms with E-state index in [0.717, 1.165) is 6.07 Å². The van der Waals surface area contributed by atoms with Crippen LogP contribution in [0.3, 0.4) is 0 Å². The number of aromatic nitrogens is 1. The average Bonchev–Trinajstić information content (AvgIpc) is 2.33. The molecule has 0 aliphatic rings. The first-order valence-electron chi connectivity index (χ1n) is 5.32. The number of hydrogen-bond acceptors (Lipinski definition) is 3. The Morgan fingerprint density at radius 3 is 2.50 bits per heavy atom. The lowest BCUT2D eigenvalue weighted by Crippen LogP contribution is -2.07. The molecule has 0 amide bonds. The van der Waals surface area contributed by atoms with Crippen molar-refractivity contribution >= 4 is 28.8 Å². The maximum Gasteiger partial charge on any atom is 0.416 e. The molecule has 0 fully saturated rings. The summed E-state index contributed by atoms with van der Waals surface area (Å²) in [7, 11) is 0. The van der Waals surface area contributed by atoms with Gasteiger partial charge >= 0.3 is 6.18 Å². The third kappa shape index (κ3) is 3.11. The monoisotopic (exact) mass is 305 g/mol. The summed E-state index contributed by atoms with van der Waals surface area (Å²) in [5.74, 6) is -0.841. The highest BCUT2D eigenvalue weighted by Crippen LogP contribution is 2.33. The summed E-state index contributed by atoms with van der Waals surface area (Å²) in [6.07, 6.45) is -3.32. The van der Waals surface area contributed by atoms with E-state index in [1.165, 1.54) is 12.3 Å². The number of pyridine rings is 1. The summed E-state index contributed by atoms with van der Waals surface area (Å²) >= 11 is 5.81. The predicted molar refractivity (Wildman–Crippen MR) is 68.3 cm³/mol. The van der Waals surface area contributed by atoms with Gasteiger partial charge in [0.2, 0.25) is 0 Å². The van der Waals surface area contributed by atoms with Crippen LogP contribution in [0.4, 0.5) is 34.8 Å². The second kappa shape index (κ2) is 5.16. The third-order valence-corrected chi connectivity index (χ3v) is 2.70. The normalized spacial score (nSPS) is 11.4. The van der Waals surface area contributed by atoms with E-state index in [4.69, 9.17) is 17.3 Å². The Balaban J connectivity index is 2.38. The van der Waals surface area contributed by atoms with Crippen LogP contribution in [0, 0.1) is 5.82 Å². The molecule has 0 bridgehead atoms. The van der Waals surface area contributed by atoms with E-state index in [0.29, 0.717) is 12.1 Å². The van der Waals surface area contributed by atoms with Gasteiger partial charge < -0.3 is 11.1 Å². The Bertz CT molecular complexity index is 643. The van der Waals surface area contributed by atoms with Crippen LogP contribution in [0.1, 0.15) is 5.56 Å². The molecule has 1 aromatic heterocycles. The van der Waals surface area contributed by atoms with Gasteiger partial charge in [-0.15, -0.1) is 0 Å². The van der Waals surface area contributed by atoms with E-state index < -0.39 is 17.6 Å². The van der Waals surface area contributed by atoms with Crippen molar-refractivity contribution in [2.45, 2.75) is 6.18 Å². The smallest absolute Gasteiger partial charge is 0.397 e. The second-order valence-electron chi connectivity index (χ2n) is 3.92. The predicted octanol–water partition coefficient (Wildman–Crippen LogP) is 4.22. The van der Waals surface area contributed by atoms with Crippen LogP contribution in [0.15, 0.2) is 30.5 Å². The summed E-state index contributed by atoms with van der Waals surface area (Å²) in [5.41, 5.74) is 4.36. The maximum atomic E-state index is 13.5. The molecule has 0 atom stereocenters. The van der Waals surface area contributed by atoms with Gasteiger partial charge in [-0.1, -0.05) is 11.6 Å². The molecule has 1 aromatic carbocycles. The molecule has 0 aliphatic heterocycles. The van der Waals surface area contributed by atoms with Crippen molar-refractivity contribution in [2.75, 3.05) is 11.1 Å². The van der Waals surface area contributed by atoms with Crippen LogP contribution in [0.25, 0.3) is 0 Å². The van der Waals surface area contributed by atoms with Crippen LogP contribution in [-0.2, 0) is 6.18 Å². The second-order valence-corrected chi connectivity index (χ2v) is 4.32. The number of nitrogens with zero attached hydrogens (tertiary/aromatic N) is 1. The van der Waals surface area contributed by atoms with Crippen molar-refractivity contribution in [1.82, 2.24) is 4.98 Å². The standard InChI is InChI=1S/C12H8ClF4N3/c13-8-4-7(18)5-19-11(8)20-10-3-6(12(15,16)17)1-2-9(10)14/h1-5H,18H2,(H,19,20). The number of anilines is 3. The van der Waals surface area contributed by atoms with Crippen molar-refractivity contribution in [3.05, 3.63) is 46.9 Å². The van der Waals surface area contributed by atoms with Crippen molar-refractivity contribution in [3.8, 4) is 0 Å². The average molecular weight is 306 g/mol. The molecule has 0 unspecified atom stereocenters. The lowest BCUT2D eigenvalue weighted by Gasteiger charge is -2.12. The van der Waals surface area contributed by atoms with Gasteiger partial charge in [-0.25, -0.2) is 9.37 Å². The molecule has 0 aliphatic carbocycles. The quantitative estimate of drug-likeness (QED) is 0.817. The van der Waals surface area contributed by atoms with Gasteiger partial charge in [-0.3, -0.25) is 0 Å². The summed E-state index contributed by atoms with van der Waals surface area (Å²) in [6, 6.07) is 3.36. The van der Waals surface area contributed by atoms with Gasteiger partial charge in [0.05, 0.1) is 28.2 Å². The van der Waals surface area contributed by atoms with Crippen molar-refractivity contribution < 1.29 is 17.6 Å². The van der Waals surface area contributed by atoms with Crippen LogP contribution in [0.5, 0.6) is 0 Å². The van der Waals surface area contributed by atoms with Crippen LogP contribution >= 0.6 is 11.6 Å². The fourth-order valence-electron chi connectivity index (χ4n) is 1.47. The topological polar surface area (TPSA) is 50.9 Å². The fourth-order valence-corrected chi connectivity index (χ4v) is 1.69. The molecular formula is C12H8ClF4N3. The molecule has 8 heteroatoms. The van der Waals surface area contributed by atoms with Gasteiger partial charge in [0.25, 0.3) is 0 Å². The van der Waals surface area contributed by atoms with E-state index in [1.807, 2.05) is 0 Å². The molecule has 2 rings (SSSR count). The SMILES string of the molecule is Nc1cnc(Nc2cc(C(F)(F)F)ccc2F)c(Cl)c1. The zero-order valence-corrected chi connectivity index (χ0v) is 10.6. The highest BCUT2D eigenvalue weighted by Gasteiger charge is 2.31. The Hall–Kier alpha value is -2.02. The minimum Gasteiger partial charge on any atom is -0.397 e. The Morgan fingerprint density at radius 1 is 1.20 bits per heavy atom.